The summed E-state index contributed by atoms with van der Waals surface area (Å²) in [5.74, 6) is -0.254. The number of hydrogen-bond acceptors (Lipinski definition) is 7. The molecule has 0 radical (unpaired) electrons. The van der Waals surface area contributed by atoms with Gasteiger partial charge in [0.25, 0.3) is 0 Å². The Balaban J connectivity index is 1.78. The van der Waals surface area contributed by atoms with E-state index in [0.29, 0.717) is 11.0 Å². The Morgan fingerprint density at radius 2 is 2.19 bits per heavy atom. The number of rotatable bonds is 4. The molecule has 9 heteroatoms. The molecule has 2 N–H and O–H groups in total. The Hall–Kier alpha value is -3.62. The van der Waals surface area contributed by atoms with Crippen molar-refractivity contribution in [1.29, 1.82) is 0 Å². The van der Waals surface area contributed by atoms with Crippen LogP contribution in [0.15, 0.2) is 38.4 Å². The number of furan rings is 2. The predicted octanol–water partition coefficient (Wildman–Crippen LogP) is 3.28. The van der Waals surface area contributed by atoms with Gasteiger partial charge in [-0.3, -0.25) is 14.9 Å². The molecule has 9 nitrogen and oxygen atoms in total. The number of nitro benzene ring substituents is 1. The number of nitro groups is 1. The summed E-state index contributed by atoms with van der Waals surface area (Å²) in [4.78, 5) is 22.5. The predicted molar refractivity (Wildman–Crippen MR) is 94.9 cm³/mol. The van der Waals surface area contributed by atoms with Gasteiger partial charge >= 0.3 is 11.6 Å². The summed E-state index contributed by atoms with van der Waals surface area (Å²) >= 11 is 0. The van der Waals surface area contributed by atoms with Crippen molar-refractivity contribution < 1.29 is 23.7 Å². The Morgan fingerprint density at radius 1 is 1.37 bits per heavy atom. The number of fused-ring (bicyclic) bond motifs is 3. The number of hydrogen-bond donors (Lipinski definition) is 2. The van der Waals surface area contributed by atoms with Crippen molar-refractivity contribution in [1.82, 2.24) is 5.43 Å². The lowest BCUT2D eigenvalue weighted by Gasteiger charge is -2.10. The quantitative estimate of drug-likeness (QED) is 0.412. The molecular weight excluding hydrogens is 354 g/mol. The Kier molecular flexibility index (Phi) is 4.11. The maximum absolute atomic E-state index is 11.9. The van der Waals surface area contributed by atoms with Crippen LogP contribution in [-0.4, -0.2) is 22.2 Å². The third-order valence-electron chi connectivity index (χ3n) is 4.53. The standard InChI is InChI=1S/C18H15N3O6/c22-17-11(9-19-20-18(23)14-6-3-7-26-14)16-10-4-1-2-5-13(10)27-15(16)8-12(17)21(24)25/h3,6-9,22H,1-2,4-5H2,(H,20,23)/b19-9+. The molecule has 138 valence electrons. The van der Waals surface area contributed by atoms with Crippen molar-refractivity contribution in [2.75, 3.05) is 0 Å². The molecule has 1 amide bonds. The fraction of sp³-hybridized carbons (Fsp3) is 0.222. The van der Waals surface area contributed by atoms with Crippen LogP contribution in [0, 0.1) is 10.1 Å². The van der Waals surface area contributed by atoms with Gasteiger partial charge in [0.15, 0.2) is 5.76 Å². The first-order valence-corrected chi connectivity index (χ1v) is 8.37. The summed E-state index contributed by atoms with van der Waals surface area (Å²) < 4.78 is 10.7. The molecule has 1 aliphatic carbocycles. The summed E-state index contributed by atoms with van der Waals surface area (Å²) in [6, 6.07) is 4.26. The van der Waals surface area contributed by atoms with Crippen molar-refractivity contribution in [3.63, 3.8) is 0 Å². The summed E-state index contributed by atoms with van der Waals surface area (Å²) in [6.07, 6.45) is 5.97. The molecule has 3 aromatic rings. The molecule has 0 unspecified atom stereocenters. The zero-order chi connectivity index (χ0) is 19.0. The molecular formula is C18H15N3O6. The number of aromatic hydroxyl groups is 1. The topological polar surface area (TPSA) is 131 Å². The maximum atomic E-state index is 11.9. The minimum Gasteiger partial charge on any atom is -0.502 e. The highest BCUT2D eigenvalue weighted by atomic mass is 16.6. The molecule has 0 saturated carbocycles. The number of aryl methyl sites for hydroxylation is 2. The molecule has 2 heterocycles. The van der Waals surface area contributed by atoms with E-state index < -0.39 is 22.3 Å². The zero-order valence-electron chi connectivity index (χ0n) is 14.1. The van der Waals surface area contributed by atoms with Crippen LogP contribution in [0.4, 0.5) is 5.69 Å². The molecule has 0 fully saturated rings. The second-order valence-electron chi connectivity index (χ2n) is 6.18. The second kappa shape index (κ2) is 6.60. The minimum absolute atomic E-state index is 0.0706. The van der Waals surface area contributed by atoms with Crippen molar-refractivity contribution in [3.8, 4) is 5.75 Å². The average molecular weight is 369 g/mol. The lowest BCUT2D eigenvalue weighted by Crippen LogP contribution is -2.16. The van der Waals surface area contributed by atoms with E-state index in [-0.39, 0.29) is 11.3 Å². The molecule has 0 saturated heterocycles. The highest BCUT2D eigenvalue weighted by molar-refractivity contribution is 6.05. The summed E-state index contributed by atoms with van der Waals surface area (Å²) in [6.45, 7) is 0. The number of phenolic OH excluding ortho intramolecular Hbond substituents is 1. The van der Waals surface area contributed by atoms with Gasteiger partial charge in [-0.25, -0.2) is 5.43 Å². The van der Waals surface area contributed by atoms with Gasteiger partial charge in [-0.05, 0) is 31.4 Å². The number of carbonyl (C=O) groups is 1. The number of nitrogens with one attached hydrogen (secondary N) is 1. The Morgan fingerprint density at radius 3 is 2.93 bits per heavy atom. The van der Waals surface area contributed by atoms with Crippen LogP contribution < -0.4 is 5.43 Å². The Labute approximate surface area is 152 Å². The van der Waals surface area contributed by atoms with Crippen LogP contribution in [-0.2, 0) is 12.8 Å². The number of nitrogens with zero attached hydrogens (tertiary/aromatic N) is 2. The lowest BCUT2D eigenvalue weighted by molar-refractivity contribution is -0.385. The molecule has 2 aromatic heterocycles. The van der Waals surface area contributed by atoms with Gasteiger partial charge in [0.1, 0.15) is 11.3 Å². The number of hydrazone groups is 1. The molecule has 1 aromatic carbocycles. The monoisotopic (exact) mass is 369 g/mol. The molecule has 0 aliphatic heterocycles. The second-order valence-corrected chi connectivity index (χ2v) is 6.18. The Bertz CT molecular complexity index is 1060. The average Bonchev–Trinajstić information content (AvgIpc) is 3.30. The van der Waals surface area contributed by atoms with E-state index in [1.54, 1.807) is 6.07 Å². The van der Waals surface area contributed by atoms with E-state index in [1.807, 2.05) is 0 Å². The van der Waals surface area contributed by atoms with Crippen molar-refractivity contribution in [2.45, 2.75) is 25.7 Å². The summed E-state index contributed by atoms with van der Waals surface area (Å²) in [7, 11) is 0. The number of benzene rings is 1. The zero-order valence-corrected chi connectivity index (χ0v) is 14.1. The van der Waals surface area contributed by atoms with Crippen LogP contribution in [0.5, 0.6) is 5.75 Å². The molecule has 0 spiro atoms. The van der Waals surface area contributed by atoms with E-state index >= 15 is 0 Å². The molecule has 0 atom stereocenters. The highest BCUT2D eigenvalue weighted by Gasteiger charge is 2.27. The fourth-order valence-electron chi connectivity index (χ4n) is 3.32. The molecule has 0 bridgehead atoms. The van der Waals surface area contributed by atoms with E-state index in [2.05, 4.69) is 10.5 Å². The lowest BCUT2D eigenvalue weighted by atomic mass is 9.93. The van der Waals surface area contributed by atoms with Crippen LogP contribution in [0.3, 0.4) is 0 Å². The first kappa shape index (κ1) is 16.8. The summed E-state index contributed by atoms with van der Waals surface area (Å²) in [5.41, 5.74) is 3.18. The van der Waals surface area contributed by atoms with Gasteiger partial charge in [0.05, 0.1) is 29.0 Å². The minimum atomic E-state index is -0.685. The van der Waals surface area contributed by atoms with Gasteiger partial charge < -0.3 is 13.9 Å². The molecule has 1 aliphatic rings. The third kappa shape index (κ3) is 2.92. The highest BCUT2D eigenvalue weighted by Crippen LogP contribution is 2.41. The first-order chi connectivity index (χ1) is 13.1. The molecule has 27 heavy (non-hydrogen) atoms. The van der Waals surface area contributed by atoms with Crippen molar-refractivity contribution in [2.24, 2.45) is 5.10 Å². The van der Waals surface area contributed by atoms with Crippen LogP contribution in [0.1, 0.15) is 40.3 Å². The number of amides is 1. The third-order valence-corrected chi connectivity index (χ3v) is 4.53. The van der Waals surface area contributed by atoms with Gasteiger partial charge in [-0.1, -0.05) is 0 Å². The summed E-state index contributed by atoms with van der Waals surface area (Å²) in [5, 5.41) is 26.1. The van der Waals surface area contributed by atoms with Gasteiger partial charge in [0, 0.05) is 17.4 Å². The SMILES string of the molecule is O=C(N/N=C/c1c(O)c([N+](=O)[O-])cc2oc3c(c12)CCCC3)c1ccco1. The van der Waals surface area contributed by atoms with E-state index in [1.165, 1.54) is 24.6 Å². The molecule has 4 rings (SSSR count). The van der Waals surface area contributed by atoms with Crippen LogP contribution in [0.2, 0.25) is 0 Å². The number of phenols is 1. The smallest absolute Gasteiger partial charge is 0.315 e. The van der Waals surface area contributed by atoms with Crippen LogP contribution in [0.25, 0.3) is 11.0 Å². The van der Waals surface area contributed by atoms with Gasteiger partial charge in [0.2, 0.25) is 5.75 Å². The fourth-order valence-corrected chi connectivity index (χ4v) is 3.32. The normalized spacial score (nSPS) is 13.8. The van der Waals surface area contributed by atoms with Gasteiger partial charge in [-0.15, -0.1) is 0 Å². The van der Waals surface area contributed by atoms with Crippen molar-refractivity contribution in [3.05, 3.63) is 57.2 Å². The van der Waals surface area contributed by atoms with Crippen molar-refractivity contribution >= 4 is 28.8 Å². The maximum Gasteiger partial charge on any atom is 0.315 e. The van der Waals surface area contributed by atoms with E-state index in [4.69, 9.17) is 8.83 Å². The number of carbonyl (C=O) groups excluding carboxylic acids is 1. The van der Waals surface area contributed by atoms with E-state index in [0.717, 1.165) is 37.0 Å². The van der Waals surface area contributed by atoms with Crippen LogP contribution >= 0.6 is 0 Å². The first-order valence-electron chi connectivity index (χ1n) is 8.37. The van der Waals surface area contributed by atoms with Gasteiger partial charge in [-0.2, -0.15) is 5.10 Å². The largest absolute Gasteiger partial charge is 0.502 e. The van der Waals surface area contributed by atoms with E-state index in [9.17, 15) is 20.0 Å².